The van der Waals surface area contributed by atoms with E-state index in [4.69, 9.17) is 0 Å². The third kappa shape index (κ3) is 6.86. The molecule has 0 aromatic carbocycles. The van der Waals surface area contributed by atoms with Crippen molar-refractivity contribution in [2.75, 3.05) is 14.1 Å². The van der Waals surface area contributed by atoms with Crippen LogP contribution in [0.15, 0.2) is 34.3 Å². The van der Waals surface area contributed by atoms with E-state index in [0.29, 0.717) is 23.8 Å². The molecule has 1 aliphatic carbocycles. The molecule has 0 radical (unpaired) electrons. The van der Waals surface area contributed by atoms with Gasteiger partial charge in [0.2, 0.25) is 0 Å². The van der Waals surface area contributed by atoms with Gasteiger partial charge in [-0.1, -0.05) is 32.1 Å². The molecule has 0 aliphatic heterocycles. The summed E-state index contributed by atoms with van der Waals surface area (Å²) in [5.74, 6) is 0.660. The van der Waals surface area contributed by atoms with Gasteiger partial charge < -0.3 is 4.90 Å². The molecular weight excluding hydrogens is 336 g/mol. The average molecular weight is 369 g/mol. The minimum Gasteiger partial charge on any atom is -0.369 e. The topological polar surface area (TPSA) is 69.6 Å². The molecule has 0 N–H and O–H groups in total. The van der Waals surface area contributed by atoms with Crippen molar-refractivity contribution in [1.29, 1.82) is 5.26 Å². The zero-order valence-electron chi connectivity index (χ0n) is 17.5. The van der Waals surface area contributed by atoms with Gasteiger partial charge in [0.05, 0.1) is 24.1 Å². The Labute approximate surface area is 163 Å². The molecule has 146 valence electrons. The first-order valence-corrected chi connectivity index (χ1v) is 9.50. The molecular formula is C21H32N6. The molecule has 0 bridgehead atoms. The highest BCUT2D eigenvalue weighted by Crippen LogP contribution is 2.39. The second kappa shape index (κ2) is 11.1. The van der Waals surface area contributed by atoms with Gasteiger partial charge in [-0.25, -0.2) is 9.67 Å². The lowest BCUT2D eigenvalue weighted by Gasteiger charge is -2.04. The van der Waals surface area contributed by atoms with E-state index >= 15 is 0 Å². The van der Waals surface area contributed by atoms with Crippen molar-refractivity contribution in [1.82, 2.24) is 14.7 Å². The van der Waals surface area contributed by atoms with Crippen molar-refractivity contribution < 1.29 is 0 Å². The molecule has 1 fully saturated rings. The Morgan fingerprint density at radius 3 is 2.63 bits per heavy atom. The Bertz CT molecular complexity index is 741. The van der Waals surface area contributed by atoms with E-state index in [1.165, 1.54) is 0 Å². The third-order valence-corrected chi connectivity index (χ3v) is 3.86. The van der Waals surface area contributed by atoms with Crippen molar-refractivity contribution in [2.45, 2.75) is 59.0 Å². The van der Waals surface area contributed by atoms with Crippen molar-refractivity contribution in [3.8, 4) is 6.07 Å². The largest absolute Gasteiger partial charge is 0.369 e. The predicted octanol–water partition coefficient (Wildman–Crippen LogP) is 4.47. The maximum atomic E-state index is 9.62. The smallest absolute Gasteiger partial charge is 0.170 e. The van der Waals surface area contributed by atoms with Gasteiger partial charge in [0, 0.05) is 26.7 Å². The van der Waals surface area contributed by atoms with Crippen molar-refractivity contribution in [3.63, 3.8) is 0 Å². The summed E-state index contributed by atoms with van der Waals surface area (Å²) in [6.45, 7) is 11.7. The summed E-state index contributed by atoms with van der Waals surface area (Å²) in [5, 5.41) is 14.3. The summed E-state index contributed by atoms with van der Waals surface area (Å²) in [6, 6.07) is 2.69. The monoisotopic (exact) mass is 368 g/mol. The molecule has 1 saturated carbocycles. The molecule has 1 atom stereocenters. The van der Waals surface area contributed by atoms with Crippen LogP contribution in [-0.2, 0) is 6.42 Å². The van der Waals surface area contributed by atoms with Crippen LogP contribution in [-0.4, -0.2) is 47.4 Å². The van der Waals surface area contributed by atoms with Crippen LogP contribution in [0.2, 0.25) is 0 Å². The Morgan fingerprint density at radius 2 is 2.11 bits per heavy atom. The van der Waals surface area contributed by atoms with Gasteiger partial charge in [-0.15, -0.1) is 0 Å². The van der Waals surface area contributed by atoms with Crippen LogP contribution in [0.25, 0.3) is 0 Å². The maximum Gasteiger partial charge on any atom is 0.170 e. The molecule has 6 heteroatoms. The van der Waals surface area contributed by atoms with E-state index in [1.807, 2.05) is 57.4 Å². The van der Waals surface area contributed by atoms with Gasteiger partial charge in [-0.2, -0.15) is 10.4 Å². The number of allylic oxidation sites excluding steroid dienone is 3. The fraction of sp³-hybridized carbons (Fsp3) is 0.524. The van der Waals surface area contributed by atoms with Gasteiger partial charge in [-0.3, -0.25) is 4.99 Å². The first-order chi connectivity index (χ1) is 13.0. The molecule has 2 rings (SSSR count). The fourth-order valence-electron chi connectivity index (χ4n) is 2.30. The number of aliphatic imine (C=N–C) groups is 2. The van der Waals surface area contributed by atoms with E-state index in [9.17, 15) is 5.26 Å². The summed E-state index contributed by atoms with van der Waals surface area (Å²) in [4.78, 5) is 10.8. The third-order valence-electron chi connectivity index (χ3n) is 3.86. The van der Waals surface area contributed by atoms with E-state index in [-0.39, 0.29) is 6.04 Å². The molecule has 0 amide bonds. The fourth-order valence-corrected chi connectivity index (χ4v) is 2.30. The Kier molecular flexibility index (Phi) is 9.21. The number of nitriles is 1. The van der Waals surface area contributed by atoms with Gasteiger partial charge >= 0.3 is 0 Å². The number of hydrogen-bond acceptors (Lipinski definition) is 4. The summed E-state index contributed by atoms with van der Waals surface area (Å²) in [5.41, 5.74) is 2.39. The zero-order chi connectivity index (χ0) is 20.4. The minimum absolute atomic E-state index is 0.0363. The Hall–Kier alpha value is -2.68. The highest BCUT2D eigenvalue weighted by molar-refractivity contribution is 5.73. The van der Waals surface area contributed by atoms with Gasteiger partial charge in [0.15, 0.2) is 5.82 Å². The number of hydrogen-bond donors (Lipinski definition) is 0. The minimum atomic E-state index is 0.0363. The van der Waals surface area contributed by atoms with Crippen LogP contribution in [0, 0.1) is 11.3 Å². The predicted molar refractivity (Wildman–Crippen MR) is 114 cm³/mol. The molecule has 1 aromatic rings. The molecule has 27 heavy (non-hydrogen) atoms. The standard InChI is InChI=1S/C19H26N6.C2H6/c1-6-14(2)9-10-21-15(3)11-18-17(12-20)19(22-13-24(4)5)25(23-18)16-7-8-16;1-2/h6,9-10,13,15-16H,1,7-8,11H2,2-5H3;1-2H3/b14-9-,21-10?,22-13+;. The molecule has 1 heterocycles. The lowest BCUT2D eigenvalue weighted by atomic mass is 10.1. The van der Waals surface area contributed by atoms with Crippen molar-refractivity contribution in [3.05, 3.63) is 35.6 Å². The number of nitrogens with zero attached hydrogens (tertiary/aromatic N) is 6. The summed E-state index contributed by atoms with van der Waals surface area (Å²) >= 11 is 0. The zero-order valence-corrected chi connectivity index (χ0v) is 17.5. The van der Waals surface area contributed by atoms with Crippen LogP contribution in [0.1, 0.15) is 57.8 Å². The first-order valence-electron chi connectivity index (χ1n) is 9.50. The van der Waals surface area contributed by atoms with Gasteiger partial charge in [0.25, 0.3) is 0 Å². The average Bonchev–Trinajstić information content (AvgIpc) is 3.44. The molecule has 1 unspecified atom stereocenters. The van der Waals surface area contributed by atoms with Crippen LogP contribution >= 0.6 is 0 Å². The normalized spacial score (nSPS) is 15.4. The molecule has 1 aromatic heterocycles. The van der Waals surface area contributed by atoms with Crippen molar-refractivity contribution >= 4 is 18.4 Å². The van der Waals surface area contributed by atoms with Gasteiger partial charge in [-0.05, 0) is 32.8 Å². The maximum absolute atomic E-state index is 9.62. The van der Waals surface area contributed by atoms with Crippen LogP contribution < -0.4 is 0 Å². The molecule has 0 saturated heterocycles. The quantitative estimate of drug-likeness (QED) is 0.386. The summed E-state index contributed by atoms with van der Waals surface area (Å²) in [6.07, 6.45) is 10.0. The first kappa shape index (κ1) is 22.4. The van der Waals surface area contributed by atoms with E-state index < -0.39 is 0 Å². The second-order valence-corrected chi connectivity index (χ2v) is 6.61. The Balaban J connectivity index is 0.00000176. The molecule has 0 spiro atoms. The van der Waals surface area contributed by atoms with Crippen molar-refractivity contribution in [2.24, 2.45) is 9.98 Å². The van der Waals surface area contributed by atoms with E-state index in [1.54, 1.807) is 18.6 Å². The Morgan fingerprint density at radius 1 is 1.44 bits per heavy atom. The van der Waals surface area contributed by atoms with Crippen LogP contribution in [0.5, 0.6) is 0 Å². The second-order valence-electron chi connectivity index (χ2n) is 6.61. The van der Waals surface area contributed by atoms with E-state index in [2.05, 4.69) is 27.7 Å². The lowest BCUT2D eigenvalue weighted by molar-refractivity contribution is 0.616. The molecule has 1 aliphatic rings. The summed E-state index contributed by atoms with van der Waals surface area (Å²) < 4.78 is 1.91. The van der Waals surface area contributed by atoms with Gasteiger partial charge in [0.1, 0.15) is 11.6 Å². The highest BCUT2D eigenvalue weighted by Gasteiger charge is 2.30. The summed E-state index contributed by atoms with van der Waals surface area (Å²) in [7, 11) is 3.81. The lowest BCUT2D eigenvalue weighted by Crippen LogP contribution is -2.07. The van der Waals surface area contributed by atoms with E-state index in [0.717, 1.165) is 24.1 Å². The number of rotatable bonds is 8. The highest BCUT2D eigenvalue weighted by atomic mass is 15.4. The molecule has 6 nitrogen and oxygen atoms in total. The van der Waals surface area contributed by atoms with Crippen LogP contribution in [0.3, 0.4) is 0 Å². The SMILES string of the molecule is C=C/C(C)=C\C=NC(C)Cc1nn(C2CC2)c(/N=C/N(C)C)c1C#N.CC. The number of aromatic nitrogens is 2. The van der Waals surface area contributed by atoms with Crippen LogP contribution in [0.4, 0.5) is 5.82 Å².